The number of hydrogen-bond donors (Lipinski definition) is 0. The Kier molecular flexibility index (Phi) is 1.88. The molecular formula is C12H7NO2S. The maximum Gasteiger partial charge on any atom is 0.247 e. The standard InChI is InChI=1S/C12H7NO2S/c1-14-11-8(6-13)15-10-7-4-2-3-5-9(7)16-12(10)11/h2-5H,1H3. The molecule has 3 nitrogen and oxygen atoms in total. The van der Waals surface area contributed by atoms with E-state index >= 15 is 0 Å². The van der Waals surface area contributed by atoms with E-state index in [-0.39, 0.29) is 5.76 Å². The quantitative estimate of drug-likeness (QED) is 0.641. The molecule has 0 spiro atoms. The van der Waals surface area contributed by atoms with Gasteiger partial charge in [0.2, 0.25) is 5.76 Å². The van der Waals surface area contributed by atoms with Gasteiger partial charge in [0.25, 0.3) is 0 Å². The summed E-state index contributed by atoms with van der Waals surface area (Å²) in [6, 6.07) is 9.95. The molecule has 0 bridgehead atoms. The van der Waals surface area contributed by atoms with E-state index in [1.54, 1.807) is 18.4 Å². The zero-order valence-corrected chi connectivity index (χ0v) is 9.30. The largest absolute Gasteiger partial charge is 0.491 e. The number of furan rings is 1. The molecule has 0 unspecified atom stereocenters. The van der Waals surface area contributed by atoms with Crippen LogP contribution in [0.5, 0.6) is 5.75 Å². The Morgan fingerprint density at radius 3 is 2.94 bits per heavy atom. The van der Waals surface area contributed by atoms with Crippen molar-refractivity contribution >= 4 is 31.7 Å². The first kappa shape index (κ1) is 9.25. The summed E-state index contributed by atoms with van der Waals surface area (Å²) in [5.41, 5.74) is 0.744. The molecular weight excluding hydrogens is 222 g/mol. The Hall–Kier alpha value is -1.99. The van der Waals surface area contributed by atoms with Crippen molar-refractivity contribution in [2.24, 2.45) is 0 Å². The van der Waals surface area contributed by atoms with Gasteiger partial charge in [-0.2, -0.15) is 5.26 Å². The molecule has 2 aromatic heterocycles. The van der Waals surface area contributed by atoms with E-state index in [2.05, 4.69) is 0 Å². The van der Waals surface area contributed by atoms with Crippen LogP contribution in [-0.2, 0) is 0 Å². The molecule has 2 heterocycles. The van der Waals surface area contributed by atoms with Gasteiger partial charge in [0.05, 0.1) is 7.11 Å². The third kappa shape index (κ3) is 1.06. The van der Waals surface area contributed by atoms with E-state index in [9.17, 15) is 0 Å². The van der Waals surface area contributed by atoms with Gasteiger partial charge < -0.3 is 9.15 Å². The summed E-state index contributed by atoms with van der Waals surface area (Å²) in [5, 5.41) is 9.95. The van der Waals surface area contributed by atoms with Gasteiger partial charge in [-0.05, 0) is 12.1 Å². The van der Waals surface area contributed by atoms with Crippen LogP contribution in [0, 0.1) is 11.3 Å². The predicted octanol–water partition coefficient (Wildman–Crippen LogP) is 3.53. The van der Waals surface area contributed by atoms with Crippen molar-refractivity contribution in [1.82, 2.24) is 0 Å². The molecule has 0 atom stereocenters. The van der Waals surface area contributed by atoms with Crippen molar-refractivity contribution in [3.63, 3.8) is 0 Å². The monoisotopic (exact) mass is 229 g/mol. The van der Waals surface area contributed by atoms with Crippen LogP contribution in [0.1, 0.15) is 5.76 Å². The Morgan fingerprint density at radius 1 is 1.38 bits per heavy atom. The lowest BCUT2D eigenvalue weighted by Gasteiger charge is -1.92. The van der Waals surface area contributed by atoms with Crippen molar-refractivity contribution < 1.29 is 9.15 Å². The van der Waals surface area contributed by atoms with Crippen LogP contribution >= 0.6 is 11.3 Å². The molecule has 0 aliphatic carbocycles. The number of fused-ring (bicyclic) bond motifs is 3. The molecule has 0 saturated heterocycles. The molecule has 3 aromatic rings. The first-order chi connectivity index (χ1) is 7.85. The lowest BCUT2D eigenvalue weighted by molar-refractivity contribution is 0.407. The van der Waals surface area contributed by atoms with E-state index in [1.165, 1.54) is 0 Å². The van der Waals surface area contributed by atoms with E-state index in [1.807, 2.05) is 30.3 Å². The smallest absolute Gasteiger partial charge is 0.247 e. The fourth-order valence-electron chi connectivity index (χ4n) is 1.78. The molecule has 0 N–H and O–H groups in total. The number of nitrogens with zero attached hydrogens (tertiary/aromatic N) is 1. The topological polar surface area (TPSA) is 46.2 Å². The van der Waals surface area contributed by atoms with Crippen LogP contribution in [-0.4, -0.2) is 7.11 Å². The molecule has 0 saturated carbocycles. The number of benzene rings is 1. The molecule has 0 aliphatic rings. The molecule has 0 radical (unpaired) electrons. The van der Waals surface area contributed by atoms with Gasteiger partial charge in [-0.25, -0.2) is 0 Å². The Bertz CT molecular complexity index is 718. The second-order valence-electron chi connectivity index (χ2n) is 3.33. The highest BCUT2D eigenvalue weighted by Crippen LogP contribution is 2.42. The minimum absolute atomic E-state index is 0.245. The van der Waals surface area contributed by atoms with Crippen LogP contribution in [0.15, 0.2) is 28.7 Å². The maximum absolute atomic E-state index is 8.92. The first-order valence-electron chi connectivity index (χ1n) is 4.73. The van der Waals surface area contributed by atoms with Crippen LogP contribution in [0.2, 0.25) is 0 Å². The minimum Gasteiger partial charge on any atom is -0.491 e. The van der Waals surface area contributed by atoms with Crippen molar-refractivity contribution in [3.8, 4) is 11.8 Å². The van der Waals surface area contributed by atoms with E-state index in [0.29, 0.717) is 5.75 Å². The fraction of sp³-hybridized carbons (Fsp3) is 0.0833. The molecule has 3 rings (SSSR count). The normalized spacial score (nSPS) is 10.8. The summed E-state index contributed by atoms with van der Waals surface area (Å²) in [6.45, 7) is 0. The number of methoxy groups -OCH3 is 1. The highest BCUT2D eigenvalue weighted by Gasteiger charge is 2.19. The average molecular weight is 229 g/mol. The second-order valence-corrected chi connectivity index (χ2v) is 4.38. The third-order valence-electron chi connectivity index (χ3n) is 2.47. The maximum atomic E-state index is 8.92. The number of nitriles is 1. The number of rotatable bonds is 1. The lowest BCUT2D eigenvalue weighted by Crippen LogP contribution is -1.81. The molecule has 4 heteroatoms. The van der Waals surface area contributed by atoms with Crippen molar-refractivity contribution in [2.45, 2.75) is 0 Å². The summed E-state index contributed by atoms with van der Waals surface area (Å²) in [4.78, 5) is 0. The van der Waals surface area contributed by atoms with Gasteiger partial charge in [0, 0.05) is 10.1 Å². The van der Waals surface area contributed by atoms with Crippen LogP contribution < -0.4 is 4.74 Å². The summed E-state index contributed by atoms with van der Waals surface area (Å²) in [5.74, 6) is 0.785. The van der Waals surface area contributed by atoms with E-state index in [4.69, 9.17) is 14.4 Å². The van der Waals surface area contributed by atoms with Gasteiger partial charge in [-0.3, -0.25) is 0 Å². The van der Waals surface area contributed by atoms with Crippen LogP contribution in [0.4, 0.5) is 0 Å². The van der Waals surface area contributed by atoms with E-state index in [0.717, 1.165) is 20.4 Å². The third-order valence-corrected chi connectivity index (χ3v) is 3.62. The van der Waals surface area contributed by atoms with E-state index < -0.39 is 0 Å². The number of ether oxygens (including phenoxy) is 1. The van der Waals surface area contributed by atoms with Crippen molar-refractivity contribution in [1.29, 1.82) is 5.26 Å². The van der Waals surface area contributed by atoms with Crippen molar-refractivity contribution in [2.75, 3.05) is 7.11 Å². The second kappa shape index (κ2) is 3.26. The average Bonchev–Trinajstić information content (AvgIpc) is 2.83. The predicted molar refractivity (Wildman–Crippen MR) is 62.9 cm³/mol. The molecule has 16 heavy (non-hydrogen) atoms. The summed E-state index contributed by atoms with van der Waals surface area (Å²) >= 11 is 1.58. The van der Waals surface area contributed by atoms with Crippen molar-refractivity contribution in [3.05, 3.63) is 30.0 Å². The molecule has 78 valence electrons. The number of hydrogen-bond acceptors (Lipinski definition) is 4. The van der Waals surface area contributed by atoms with Gasteiger partial charge in [0.15, 0.2) is 11.3 Å². The highest BCUT2D eigenvalue weighted by molar-refractivity contribution is 7.26. The molecule has 0 fully saturated rings. The Balaban J connectivity index is 2.51. The van der Waals surface area contributed by atoms with Crippen LogP contribution in [0.25, 0.3) is 20.4 Å². The summed E-state index contributed by atoms with van der Waals surface area (Å²) < 4.78 is 12.8. The first-order valence-corrected chi connectivity index (χ1v) is 5.55. The highest BCUT2D eigenvalue weighted by atomic mass is 32.1. The van der Waals surface area contributed by atoms with Gasteiger partial charge >= 0.3 is 0 Å². The lowest BCUT2D eigenvalue weighted by atomic mass is 10.2. The van der Waals surface area contributed by atoms with Gasteiger partial charge in [0.1, 0.15) is 10.8 Å². The summed E-state index contributed by atoms with van der Waals surface area (Å²) in [6.07, 6.45) is 0. The zero-order chi connectivity index (χ0) is 11.1. The number of thiophene rings is 1. The van der Waals surface area contributed by atoms with Crippen LogP contribution in [0.3, 0.4) is 0 Å². The zero-order valence-electron chi connectivity index (χ0n) is 8.48. The SMILES string of the molecule is COc1c(C#N)oc2c1sc1ccccc12. The summed E-state index contributed by atoms with van der Waals surface area (Å²) in [7, 11) is 1.55. The molecule has 0 amide bonds. The molecule has 0 aliphatic heterocycles. The van der Waals surface area contributed by atoms with Gasteiger partial charge in [-0.15, -0.1) is 11.3 Å². The fourth-order valence-corrected chi connectivity index (χ4v) is 2.93. The molecule has 1 aromatic carbocycles. The van der Waals surface area contributed by atoms with Gasteiger partial charge in [-0.1, -0.05) is 12.1 Å². The Morgan fingerprint density at radius 2 is 2.19 bits per heavy atom. The minimum atomic E-state index is 0.245. The Labute approximate surface area is 95.5 Å².